The minimum Gasteiger partial charge on any atom is -0.480 e. The van der Waals surface area contributed by atoms with E-state index >= 15 is 0 Å². The molecule has 0 spiro atoms. The van der Waals surface area contributed by atoms with Crippen molar-refractivity contribution in [3.8, 4) is 0 Å². The lowest BCUT2D eigenvalue weighted by atomic mass is 10.1. The summed E-state index contributed by atoms with van der Waals surface area (Å²) >= 11 is 3.36. The number of pyridine rings is 1. The Hall–Kier alpha value is -2.09. The number of carbonyl (C=O) groups excluding carboxylic acids is 1. The van der Waals surface area contributed by atoms with Crippen LogP contribution in [-0.4, -0.2) is 38.2 Å². The van der Waals surface area contributed by atoms with Crippen molar-refractivity contribution in [2.75, 3.05) is 0 Å². The van der Waals surface area contributed by atoms with Crippen LogP contribution in [0.3, 0.4) is 0 Å². The van der Waals surface area contributed by atoms with Crippen LogP contribution in [0.15, 0.2) is 29.0 Å². The van der Waals surface area contributed by atoms with Crippen LogP contribution in [0.5, 0.6) is 0 Å². The van der Waals surface area contributed by atoms with E-state index in [-0.39, 0.29) is 6.42 Å². The van der Waals surface area contributed by atoms with Crippen LogP contribution in [0.1, 0.15) is 26.5 Å². The van der Waals surface area contributed by atoms with Crippen LogP contribution in [-0.2, 0) is 16.0 Å². The van der Waals surface area contributed by atoms with E-state index in [1.165, 1.54) is 0 Å². The fraction of sp³-hybridized carbons (Fsp3) is 0.400. The Kier molecular flexibility index (Phi) is 4.93. The molecule has 0 bridgehead atoms. The summed E-state index contributed by atoms with van der Waals surface area (Å²) < 4.78 is 7.75. The number of nitrogens with one attached hydrogen (secondary N) is 1. The molecular weight excluding hydrogens is 366 g/mol. The van der Waals surface area contributed by atoms with Gasteiger partial charge in [0.2, 0.25) is 0 Å². The second kappa shape index (κ2) is 6.57. The fourth-order valence-electron chi connectivity index (χ4n) is 1.97. The van der Waals surface area contributed by atoms with Crippen molar-refractivity contribution in [1.82, 2.24) is 14.7 Å². The van der Waals surface area contributed by atoms with Crippen molar-refractivity contribution in [1.29, 1.82) is 0 Å². The molecule has 7 nitrogen and oxygen atoms in total. The molecule has 2 aromatic rings. The minimum atomic E-state index is -1.14. The van der Waals surface area contributed by atoms with Gasteiger partial charge < -0.3 is 19.6 Å². The number of carbonyl (C=O) groups is 2. The molecule has 1 atom stereocenters. The number of alkyl carbamates (subject to hydrolysis) is 1. The molecule has 2 N–H and O–H groups in total. The maximum atomic E-state index is 11.8. The molecule has 124 valence electrons. The standard InChI is InChI=1S/C15H18BrN3O4/c1-15(2,3)23-14(22)18-11(13(20)21)7-10-8-19-5-4-9(16)6-12(19)17-10/h4-6,8,11H,7H2,1-3H3,(H,18,22)(H,20,21)/t11-/m0/s1. The summed E-state index contributed by atoms with van der Waals surface area (Å²) in [6.07, 6.45) is 2.84. The number of carboxylic acids is 1. The van der Waals surface area contributed by atoms with Gasteiger partial charge in [-0.3, -0.25) is 0 Å². The third kappa shape index (κ3) is 4.95. The molecule has 0 aliphatic rings. The van der Waals surface area contributed by atoms with Crippen LogP contribution in [0.4, 0.5) is 4.79 Å². The first-order valence-electron chi connectivity index (χ1n) is 6.99. The van der Waals surface area contributed by atoms with E-state index in [1.54, 1.807) is 31.4 Å². The largest absolute Gasteiger partial charge is 0.480 e. The molecule has 0 unspecified atom stereocenters. The quantitative estimate of drug-likeness (QED) is 0.846. The summed E-state index contributed by atoms with van der Waals surface area (Å²) in [5.74, 6) is -1.14. The molecule has 2 heterocycles. The molecule has 8 heteroatoms. The predicted molar refractivity (Wildman–Crippen MR) is 87.4 cm³/mol. The Morgan fingerprint density at radius 1 is 1.48 bits per heavy atom. The Labute approximate surface area is 141 Å². The Balaban J connectivity index is 2.11. The number of ether oxygens (including phenoxy) is 1. The van der Waals surface area contributed by atoms with Gasteiger partial charge in [-0.15, -0.1) is 0 Å². The van der Waals surface area contributed by atoms with Crippen LogP contribution >= 0.6 is 15.9 Å². The number of amides is 1. The Morgan fingerprint density at radius 3 is 2.78 bits per heavy atom. The number of aliphatic carboxylic acids is 1. The highest BCUT2D eigenvalue weighted by Gasteiger charge is 2.25. The molecule has 1 amide bonds. The fourth-order valence-corrected chi connectivity index (χ4v) is 2.29. The first kappa shape index (κ1) is 17.3. The van der Waals surface area contributed by atoms with Crippen molar-refractivity contribution in [3.63, 3.8) is 0 Å². The van der Waals surface area contributed by atoms with Crippen LogP contribution in [0.2, 0.25) is 0 Å². The topological polar surface area (TPSA) is 92.9 Å². The molecule has 2 rings (SSSR count). The van der Waals surface area contributed by atoms with Crippen LogP contribution in [0, 0.1) is 0 Å². The number of rotatable bonds is 4. The summed E-state index contributed by atoms with van der Waals surface area (Å²) in [6, 6.07) is 2.56. The van der Waals surface area contributed by atoms with Gasteiger partial charge in [0, 0.05) is 23.3 Å². The SMILES string of the molecule is CC(C)(C)OC(=O)N[C@@H](Cc1cn2ccc(Br)cc2n1)C(=O)O. The average Bonchev–Trinajstić information content (AvgIpc) is 2.76. The molecule has 0 aliphatic carbocycles. The maximum Gasteiger partial charge on any atom is 0.408 e. The van der Waals surface area contributed by atoms with Gasteiger partial charge in [0.05, 0.1) is 5.69 Å². The van der Waals surface area contributed by atoms with E-state index in [1.807, 2.05) is 18.3 Å². The van der Waals surface area contributed by atoms with Crippen molar-refractivity contribution in [2.45, 2.75) is 38.8 Å². The number of nitrogens with zero attached hydrogens (tertiary/aromatic N) is 2. The lowest BCUT2D eigenvalue weighted by molar-refractivity contribution is -0.139. The van der Waals surface area contributed by atoms with Gasteiger partial charge in [-0.1, -0.05) is 15.9 Å². The van der Waals surface area contributed by atoms with Gasteiger partial charge in [0.1, 0.15) is 17.3 Å². The first-order valence-corrected chi connectivity index (χ1v) is 7.79. The van der Waals surface area contributed by atoms with Crippen molar-refractivity contribution >= 4 is 33.6 Å². The molecule has 0 radical (unpaired) electrons. The summed E-state index contributed by atoms with van der Waals surface area (Å²) in [4.78, 5) is 27.5. The minimum absolute atomic E-state index is 0.0634. The number of carboxylic acid groups (broad SMARTS) is 1. The summed E-state index contributed by atoms with van der Waals surface area (Å²) in [5, 5.41) is 11.6. The molecule has 0 aromatic carbocycles. The van der Waals surface area contributed by atoms with E-state index in [0.717, 1.165) is 4.47 Å². The highest BCUT2D eigenvalue weighted by atomic mass is 79.9. The van der Waals surface area contributed by atoms with Crippen LogP contribution < -0.4 is 5.32 Å². The van der Waals surface area contributed by atoms with Gasteiger partial charge in [0.15, 0.2) is 0 Å². The van der Waals surface area contributed by atoms with Crippen molar-refractivity contribution in [2.24, 2.45) is 0 Å². The van der Waals surface area contributed by atoms with Gasteiger partial charge >= 0.3 is 12.1 Å². The third-order valence-corrected chi connectivity index (χ3v) is 3.37. The van der Waals surface area contributed by atoms with E-state index in [4.69, 9.17) is 4.74 Å². The van der Waals surface area contributed by atoms with Crippen molar-refractivity contribution in [3.05, 3.63) is 34.7 Å². The van der Waals surface area contributed by atoms with E-state index in [9.17, 15) is 14.7 Å². The predicted octanol–water partition coefficient (Wildman–Crippen LogP) is 2.62. The average molecular weight is 384 g/mol. The highest BCUT2D eigenvalue weighted by Crippen LogP contribution is 2.14. The molecule has 23 heavy (non-hydrogen) atoms. The number of fused-ring (bicyclic) bond motifs is 1. The monoisotopic (exact) mass is 383 g/mol. The highest BCUT2D eigenvalue weighted by molar-refractivity contribution is 9.10. The van der Waals surface area contributed by atoms with E-state index in [2.05, 4.69) is 26.2 Å². The number of hydrogen-bond donors (Lipinski definition) is 2. The maximum absolute atomic E-state index is 11.8. The number of aromatic nitrogens is 2. The number of hydrogen-bond acceptors (Lipinski definition) is 4. The molecular formula is C15H18BrN3O4. The van der Waals surface area contributed by atoms with E-state index in [0.29, 0.717) is 11.3 Å². The second-order valence-electron chi connectivity index (χ2n) is 6.08. The summed E-state index contributed by atoms with van der Waals surface area (Å²) in [5.41, 5.74) is 0.560. The zero-order valence-corrected chi connectivity index (χ0v) is 14.6. The Morgan fingerprint density at radius 2 is 2.17 bits per heavy atom. The smallest absolute Gasteiger partial charge is 0.408 e. The molecule has 0 aliphatic heterocycles. The normalized spacial score (nSPS) is 12.9. The summed E-state index contributed by atoms with van der Waals surface area (Å²) in [7, 11) is 0. The zero-order chi connectivity index (χ0) is 17.2. The van der Waals surface area contributed by atoms with Crippen molar-refractivity contribution < 1.29 is 19.4 Å². The Bertz CT molecular complexity index is 736. The second-order valence-corrected chi connectivity index (χ2v) is 7.00. The van der Waals surface area contributed by atoms with Crippen LogP contribution in [0.25, 0.3) is 5.65 Å². The number of imidazole rings is 1. The molecule has 0 saturated heterocycles. The zero-order valence-electron chi connectivity index (χ0n) is 13.0. The van der Waals surface area contributed by atoms with Gasteiger partial charge in [-0.05, 0) is 32.9 Å². The van der Waals surface area contributed by atoms with Gasteiger partial charge in [-0.2, -0.15) is 0 Å². The molecule has 0 fully saturated rings. The van der Waals surface area contributed by atoms with Gasteiger partial charge in [0.25, 0.3) is 0 Å². The number of halogens is 1. The van der Waals surface area contributed by atoms with Gasteiger partial charge in [-0.25, -0.2) is 14.6 Å². The first-order chi connectivity index (χ1) is 10.6. The molecule has 0 saturated carbocycles. The lowest BCUT2D eigenvalue weighted by Gasteiger charge is -2.21. The summed E-state index contributed by atoms with van der Waals surface area (Å²) in [6.45, 7) is 5.13. The van der Waals surface area contributed by atoms with E-state index < -0.39 is 23.7 Å². The lowest BCUT2D eigenvalue weighted by Crippen LogP contribution is -2.44. The molecule has 2 aromatic heterocycles. The third-order valence-electron chi connectivity index (χ3n) is 2.87.